The van der Waals surface area contributed by atoms with Crippen LogP contribution >= 0.6 is 24.0 Å². The average Bonchev–Trinajstić information content (AvgIpc) is 3.14. The minimum atomic E-state index is 0. The molecule has 2 aromatic rings. The van der Waals surface area contributed by atoms with E-state index in [1.165, 1.54) is 32.1 Å². The average molecular weight is 440 g/mol. The highest BCUT2D eigenvalue weighted by molar-refractivity contribution is 14.0. The van der Waals surface area contributed by atoms with Gasteiger partial charge < -0.3 is 10.6 Å². The number of rotatable bonds is 4. The van der Waals surface area contributed by atoms with Crippen LogP contribution in [-0.4, -0.2) is 33.8 Å². The molecule has 0 unspecified atom stereocenters. The molecule has 0 amide bonds. The van der Waals surface area contributed by atoms with Gasteiger partial charge in [0.25, 0.3) is 0 Å². The second-order valence-electron chi connectivity index (χ2n) is 5.88. The fourth-order valence-electron chi connectivity index (χ4n) is 2.92. The third-order valence-electron chi connectivity index (χ3n) is 4.18. The Morgan fingerprint density at radius 2 is 2.12 bits per heavy atom. The van der Waals surface area contributed by atoms with Gasteiger partial charge >= 0.3 is 0 Å². The molecule has 0 bridgehead atoms. The molecule has 24 heavy (non-hydrogen) atoms. The molecular weight excluding hydrogens is 415 g/mol. The van der Waals surface area contributed by atoms with Crippen molar-refractivity contribution in [2.45, 2.75) is 44.7 Å². The first-order valence-corrected chi connectivity index (χ1v) is 8.27. The topological polar surface area (TPSA) is 67.1 Å². The van der Waals surface area contributed by atoms with E-state index in [0.717, 1.165) is 17.3 Å². The third kappa shape index (κ3) is 5.19. The summed E-state index contributed by atoms with van der Waals surface area (Å²) >= 11 is 0. The monoisotopic (exact) mass is 440 g/mol. The molecule has 0 atom stereocenters. The lowest BCUT2D eigenvalue weighted by Gasteiger charge is -2.24. The molecule has 130 valence electrons. The maximum Gasteiger partial charge on any atom is 0.191 e. The molecule has 0 spiro atoms. The molecule has 0 saturated heterocycles. The van der Waals surface area contributed by atoms with E-state index in [1.54, 1.807) is 10.9 Å². The van der Waals surface area contributed by atoms with E-state index in [0.29, 0.717) is 12.6 Å². The summed E-state index contributed by atoms with van der Waals surface area (Å²) in [6.07, 6.45) is 11.9. The van der Waals surface area contributed by atoms with Crippen LogP contribution in [0.3, 0.4) is 0 Å². The fraction of sp³-hybridized carbons (Fsp3) is 0.471. The van der Waals surface area contributed by atoms with Gasteiger partial charge in [-0.05, 0) is 36.6 Å². The number of hydrogen-bond acceptors (Lipinski definition) is 3. The predicted octanol–water partition coefficient (Wildman–Crippen LogP) is 2.88. The smallest absolute Gasteiger partial charge is 0.191 e. The second-order valence-corrected chi connectivity index (χ2v) is 5.88. The van der Waals surface area contributed by atoms with Crippen molar-refractivity contribution in [3.8, 4) is 5.82 Å². The first-order chi connectivity index (χ1) is 11.3. The van der Waals surface area contributed by atoms with E-state index in [2.05, 4.69) is 25.7 Å². The maximum atomic E-state index is 4.35. The molecule has 3 rings (SSSR count). The van der Waals surface area contributed by atoms with Crippen molar-refractivity contribution in [1.29, 1.82) is 0 Å². The summed E-state index contributed by atoms with van der Waals surface area (Å²) in [6, 6.07) is 6.48. The molecule has 1 aliphatic carbocycles. The Morgan fingerprint density at radius 1 is 1.29 bits per heavy atom. The Morgan fingerprint density at radius 3 is 2.83 bits per heavy atom. The van der Waals surface area contributed by atoms with Crippen molar-refractivity contribution in [2.24, 2.45) is 4.99 Å². The lowest BCUT2D eigenvalue weighted by atomic mass is 9.96. The summed E-state index contributed by atoms with van der Waals surface area (Å²) in [5, 5.41) is 11.1. The Labute approximate surface area is 160 Å². The van der Waals surface area contributed by atoms with Crippen molar-refractivity contribution in [1.82, 2.24) is 25.4 Å². The summed E-state index contributed by atoms with van der Waals surface area (Å²) in [5.41, 5.74) is 1.15. The fourth-order valence-corrected chi connectivity index (χ4v) is 2.92. The van der Waals surface area contributed by atoms with E-state index in [1.807, 2.05) is 37.6 Å². The van der Waals surface area contributed by atoms with Crippen LogP contribution in [-0.2, 0) is 6.54 Å². The summed E-state index contributed by atoms with van der Waals surface area (Å²) in [5.74, 6) is 1.69. The van der Waals surface area contributed by atoms with E-state index in [4.69, 9.17) is 0 Å². The number of halogens is 1. The van der Waals surface area contributed by atoms with Crippen LogP contribution in [0, 0.1) is 0 Å². The van der Waals surface area contributed by atoms with Gasteiger partial charge in [0.05, 0.1) is 0 Å². The van der Waals surface area contributed by atoms with Gasteiger partial charge in [-0.1, -0.05) is 19.3 Å². The minimum Gasteiger partial charge on any atom is -0.354 e. The molecule has 2 aromatic heterocycles. The zero-order valence-electron chi connectivity index (χ0n) is 14.0. The molecule has 2 N–H and O–H groups in total. The van der Waals surface area contributed by atoms with E-state index in [-0.39, 0.29) is 24.0 Å². The number of nitrogens with zero attached hydrogens (tertiary/aromatic N) is 4. The molecule has 1 aliphatic rings. The number of aliphatic imine (C=N–C) groups is 1. The summed E-state index contributed by atoms with van der Waals surface area (Å²) in [6.45, 7) is 0.711. The van der Waals surface area contributed by atoms with Crippen LogP contribution in [0.5, 0.6) is 0 Å². The maximum absolute atomic E-state index is 4.35. The molecule has 6 nitrogen and oxygen atoms in total. The van der Waals surface area contributed by atoms with Crippen LogP contribution in [0.25, 0.3) is 5.82 Å². The van der Waals surface area contributed by atoms with Crippen LogP contribution in [0.4, 0.5) is 0 Å². The third-order valence-corrected chi connectivity index (χ3v) is 4.18. The predicted molar refractivity (Wildman–Crippen MR) is 107 cm³/mol. The molecule has 2 heterocycles. The van der Waals surface area contributed by atoms with Gasteiger partial charge in [0.15, 0.2) is 11.8 Å². The van der Waals surface area contributed by atoms with Gasteiger partial charge in [-0.2, -0.15) is 5.10 Å². The molecule has 0 aliphatic heterocycles. The van der Waals surface area contributed by atoms with Gasteiger partial charge in [-0.3, -0.25) is 4.99 Å². The molecule has 1 saturated carbocycles. The van der Waals surface area contributed by atoms with Gasteiger partial charge in [0.1, 0.15) is 0 Å². The lowest BCUT2D eigenvalue weighted by Crippen LogP contribution is -2.43. The van der Waals surface area contributed by atoms with Gasteiger partial charge in [0, 0.05) is 38.2 Å². The number of aromatic nitrogens is 3. The Bertz CT molecular complexity index is 634. The largest absolute Gasteiger partial charge is 0.354 e. The second kappa shape index (κ2) is 9.61. The standard InChI is InChI=1S/C17H24N6.HI/c1-18-17(22-15-6-3-2-4-7-15)20-13-14-8-10-19-16(12-14)23-11-5-9-21-23;/h5,8-12,15H,2-4,6-7,13H2,1H3,(H2,18,20,22);1H. The van der Waals surface area contributed by atoms with Crippen LogP contribution in [0.15, 0.2) is 41.8 Å². The van der Waals surface area contributed by atoms with E-state index >= 15 is 0 Å². The van der Waals surface area contributed by atoms with Crippen molar-refractivity contribution in [3.05, 3.63) is 42.4 Å². The van der Waals surface area contributed by atoms with E-state index < -0.39 is 0 Å². The Kier molecular flexibility index (Phi) is 7.48. The quantitative estimate of drug-likeness (QED) is 0.436. The zero-order valence-corrected chi connectivity index (χ0v) is 16.3. The van der Waals surface area contributed by atoms with Crippen molar-refractivity contribution >= 4 is 29.9 Å². The molecule has 0 aromatic carbocycles. The highest BCUT2D eigenvalue weighted by Gasteiger charge is 2.14. The zero-order chi connectivity index (χ0) is 15.9. The summed E-state index contributed by atoms with van der Waals surface area (Å²) < 4.78 is 1.76. The highest BCUT2D eigenvalue weighted by Crippen LogP contribution is 2.17. The van der Waals surface area contributed by atoms with Crippen molar-refractivity contribution in [3.63, 3.8) is 0 Å². The van der Waals surface area contributed by atoms with Crippen LogP contribution in [0.2, 0.25) is 0 Å². The van der Waals surface area contributed by atoms with Crippen LogP contribution < -0.4 is 10.6 Å². The number of pyridine rings is 1. The Hall–Kier alpha value is -1.64. The molecule has 1 fully saturated rings. The molecule has 7 heteroatoms. The summed E-state index contributed by atoms with van der Waals surface area (Å²) in [4.78, 5) is 8.68. The SMILES string of the molecule is CN=C(NCc1ccnc(-n2cccn2)c1)NC1CCCCC1.I. The summed E-state index contributed by atoms with van der Waals surface area (Å²) in [7, 11) is 1.82. The van der Waals surface area contributed by atoms with Crippen LogP contribution in [0.1, 0.15) is 37.7 Å². The normalized spacial score (nSPS) is 15.6. The van der Waals surface area contributed by atoms with Gasteiger partial charge in [0.2, 0.25) is 0 Å². The number of guanidine groups is 1. The highest BCUT2D eigenvalue weighted by atomic mass is 127. The Balaban J connectivity index is 0.00000208. The first-order valence-electron chi connectivity index (χ1n) is 8.27. The number of hydrogen-bond donors (Lipinski definition) is 2. The van der Waals surface area contributed by atoms with E-state index in [9.17, 15) is 0 Å². The minimum absolute atomic E-state index is 0. The lowest BCUT2D eigenvalue weighted by molar-refractivity contribution is 0.410. The van der Waals surface area contributed by atoms with Crippen molar-refractivity contribution in [2.75, 3.05) is 7.05 Å². The number of nitrogens with one attached hydrogen (secondary N) is 2. The molecule has 0 radical (unpaired) electrons. The first kappa shape index (κ1) is 18.7. The molecular formula is C17H25IN6. The van der Waals surface area contributed by atoms with Gasteiger partial charge in [-0.15, -0.1) is 24.0 Å². The van der Waals surface area contributed by atoms with Crippen molar-refractivity contribution < 1.29 is 0 Å². The van der Waals surface area contributed by atoms with Gasteiger partial charge in [-0.25, -0.2) is 9.67 Å².